The fourth-order valence-electron chi connectivity index (χ4n) is 3.19. The maximum absolute atomic E-state index is 12.2. The van der Waals surface area contributed by atoms with Crippen molar-refractivity contribution in [2.75, 3.05) is 13.7 Å². The van der Waals surface area contributed by atoms with Gasteiger partial charge in [-0.3, -0.25) is 4.79 Å². The summed E-state index contributed by atoms with van der Waals surface area (Å²) < 4.78 is 9.65. The number of ether oxygens (including phenoxy) is 2. The molecule has 0 saturated carbocycles. The molecule has 0 radical (unpaired) electrons. The molecule has 6 heteroatoms. The van der Waals surface area contributed by atoms with Gasteiger partial charge in [0.25, 0.3) is 5.91 Å². The van der Waals surface area contributed by atoms with E-state index in [2.05, 4.69) is 10.1 Å². The van der Waals surface area contributed by atoms with Crippen molar-refractivity contribution in [3.8, 4) is 0 Å². The second-order valence-corrected chi connectivity index (χ2v) is 6.91. The number of amides is 1. The summed E-state index contributed by atoms with van der Waals surface area (Å²) in [5.74, 6) is -1.45. The van der Waals surface area contributed by atoms with Crippen molar-refractivity contribution in [1.82, 2.24) is 5.32 Å². The molecule has 3 rings (SSSR count). The first-order valence-electron chi connectivity index (χ1n) is 9.78. The molecule has 3 aromatic carbocycles. The third-order valence-corrected chi connectivity index (χ3v) is 4.76. The Morgan fingerprint density at radius 2 is 1.68 bits per heavy atom. The number of carbonyl (C=O) groups is 3. The Bertz CT molecular complexity index is 1110. The summed E-state index contributed by atoms with van der Waals surface area (Å²) in [6, 6.07) is 20.2. The average Bonchev–Trinajstić information content (AvgIpc) is 2.80. The SMILES string of the molecule is COC(=O)c1ccc(/C=C/C(=O)OCC(=O)N[C@@H](C)c2cccc3ccccc23)cc1. The van der Waals surface area contributed by atoms with E-state index in [1.54, 1.807) is 30.3 Å². The van der Waals surface area contributed by atoms with Crippen LogP contribution >= 0.6 is 0 Å². The standard InChI is InChI=1S/C25H23NO5/c1-17(21-9-5-7-19-6-3-4-8-22(19)21)26-23(27)16-31-24(28)15-12-18-10-13-20(14-11-18)25(29)30-2/h3-15,17H,16H2,1-2H3,(H,26,27)/b15-12+/t17-/m0/s1. The Kier molecular flexibility index (Phi) is 7.17. The largest absolute Gasteiger partial charge is 0.465 e. The minimum absolute atomic E-state index is 0.235. The second-order valence-electron chi connectivity index (χ2n) is 6.91. The lowest BCUT2D eigenvalue weighted by Crippen LogP contribution is -2.31. The van der Waals surface area contributed by atoms with Crippen molar-refractivity contribution >= 4 is 34.7 Å². The van der Waals surface area contributed by atoms with Gasteiger partial charge >= 0.3 is 11.9 Å². The van der Waals surface area contributed by atoms with Crippen LogP contribution in [0.4, 0.5) is 0 Å². The van der Waals surface area contributed by atoms with Crippen LogP contribution in [0.3, 0.4) is 0 Å². The predicted octanol–water partition coefficient (Wildman–Crippen LogP) is 4.06. The van der Waals surface area contributed by atoms with Crippen LogP contribution in [0.25, 0.3) is 16.8 Å². The summed E-state index contributed by atoms with van der Waals surface area (Å²) in [6.45, 7) is 1.51. The Labute approximate surface area is 180 Å². The van der Waals surface area contributed by atoms with Gasteiger partial charge in [0, 0.05) is 6.08 Å². The fourth-order valence-corrected chi connectivity index (χ4v) is 3.19. The maximum Gasteiger partial charge on any atom is 0.337 e. The van der Waals surface area contributed by atoms with Gasteiger partial charge in [0.1, 0.15) is 0 Å². The van der Waals surface area contributed by atoms with Crippen molar-refractivity contribution in [2.24, 2.45) is 0 Å². The van der Waals surface area contributed by atoms with Gasteiger partial charge in [-0.2, -0.15) is 0 Å². The van der Waals surface area contributed by atoms with Gasteiger partial charge in [-0.1, -0.05) is 54.6 Å². The van der Waals surface area contributed by atoms with Crippen LogP contribution in [0.1, 0.15) is 34.5 Å². The molecule has 0 unspecified atom stereocenters. The molecule has 0 aliphatic heterocycles. The van der Waals surface area contributed by atoms with Crippen LogP contribution in [0.2, 0.25) is 0 Å². The number of hydrogen-bond acceptors (Lipinski definition) is 5. The number of carbonyl (C=O) groups excluding carboxylic acids is 3. The lowest BCUT2D eigenvalue weighted by atomic mass is 10.00. The zero-order valence-corrected chi connectivity index (χ0v) is 17.3. The number of rotatable bonds is 7. The van der Waals surface area contributed by atoms with Crippen molar-refractivity contribution in [2.45, 2.75) is 13.0 Å². The summed E-state index contributed by atoms with van der Waals surface area (Å²) >= 11 is 0. The molecule has 3 aromatic rings. The number of methoxy groups -OCH3 is 1. The van der Waals surface area contributed by atoms with Gasteiger partial charge in [-0.25, -0.2) is 9.59 Å². The highest BCUT2D eigenvalue weighted by Gasteiger charge is 2.13. The van der Waals surface area contributed by atoms with Gasteiger partial charge in [0.2, 0.25) is 0 Å². The molecule has 0 fully saturated rings. The Hall–Kier alpha value is -3.93. The Morgan fingerprint density at radius 1 is 0.968 bits per heavy atom. The highest BCUT2D eigenvalue weighted by Crippen LogP contribution is 2.23. The van der Waals surface area contributed by atoms with E-state index in [1.807, 2.05) is 49.4 Å². The molecule has 0 aromatic heterocycles. The van der Waals surface area contributed by atoms with Gasteiger partial charge in [0.05, 0.1) is 18.7 Å². The molecule has 0 aliphatic rings. The lowest BCUT2D eigenvalue weighted by Gasteiger charge is -2.16. The van der Waals surface area contributed by atoms with Crippen LogP contribution in [-0.2, 0) is 19.1 Å². The summed E-state index contributed by atoms with van der Waals surface area (Å²) in [7, 11) is 1.31. The highest BCUT2D eigenvalue weighted by atomic mass is 16.5. The summed E-state index contributed by atoms with van der Waals surface area (Å²) in [5, 5.41) is 5.02. The molecular formula is C25H23NO5. The van der Waals surface area contributed by atoms with Crippen LogP contribution < -0.4 is 5.32 Å². The zero-order valence-electron chi connectivity index (χ0n) is 17.3. The third-order valence-electron chi connectivity index (χ3n) is 4.76. The van der Waals surface area contributed by atoms with Gasteiger partial charge in [-0.15, -0.1) is 0 Å². The van der Waals surface area contributed by atoms with E-state index in [0.717, 1.165) is 16.3 Å². The lowest BCUT2D eigenvalue weighted by molar-refractivity contribution is -0.144. The van der Waals surface area contributed by atoms with E-state index >= 15 is 0 Å². The molecule has 0 spiro atoms. The zero-order chi connectivity index (χ0) is 22.2. The normalized spacial score (nSPS) is 11.8. The summed E-state index contributed by atoms with van der Waals surface area (Å²) in [5.41, 5.74) is 2.12. The quantitative estimate of drug-likeness (QED) is 0.463. The van der Waals surface area contributed by atoms with Crippen molar-refractivity contribution < 1.29 is 23.9 Å². The predicted molar refractivity (Wildman–Crippen MR) is 118 cm³/mol. The van der Waals surface area contributed by atoms with E-state index in [9.17, 15) is 14.4 Å². The molecule has 158 valence electrons. The van der Waals surface area contributed by atoms with Crippen LogP contribution in [-0.4, -0.2) is 31.6 Å². The average molecular weight is 417 g/mol. The molecule has 6 nitrogen and oxygen atoms in total. The molecule has 1 atom stereocenters. The Balaban J connectivity index is 1.51. The molecule has 0 bridgehead atoms. The molecule has 1 amide bonds. The first-order chi connectivity index (χ1) is 15.0. The molecular weight excluding hydrogens is 394 g/mol. The van der Waals surface area contributed by atoms with E-state index < -0.39 is 11.9 Å². The van der Waals surface area contributed by atoms with Gasteiger partial charge < -0.3 is 14.8 Å². The molecule has 31 heavy (non-hydrogen) atoms. The third kappa shape index (κ3) is 5.79. The molecule has 0 saturated heterocycles. The number of nitrogens with one attached hydrogen (secondary N) is 1. The number of hydrogen-bond donors (Lipinski definition) is 1. The maximum atomic E-state index is 12.2. The van der Waals surface area contributed by atoms with E-state index in [4.69, 9.17) is 4.74 Å². The van der Waals surface area contributed by atoms with Crippen molar-refractivity contribution in [3.63, 3.8) is 0 Å². The minimum atomic E-state index is -0.634. The second kappa shape index (κ2) is 10.2. The Morgan fingerprint density at radius 3 is 2.42 bits per heavy atom. The van der Waals surface area contributed by atoms with Crippen LogP contribution in [0, 0.1) is 0 Å². The minimum Gasteiger partial charge on any atom is -0.465 e. The smallest absolute Gasteiger partial charge is 0.337 e. The summed E-state index contributed by atoms with van der Waals surface area (Å²) in [4.78, 5) is 35.5. The molecule has 0 heterocycles. The first-order valence-corrected chi connectivity index (χ1v) is 9.78. The number of benzene rings is 3. The van der Waals surface area contributed by atoms with Crippen LogP contribution in [0.15, 0.2) is 72.8 Å². The molecule has 1 N–H and O–H groups in total. The highest BCUT2D eigenvalue weighted by molar-refractivity contribution is 5.91. The topological polar surface area (TPSA) is 81.7 Å². The van der Waals surface area contributed by atoms with Crippen LogP contribution in [0.5, 0.6) is 0 Å². The van der Waals surface area contributed by atoms with Gasteiger partial charge in [0.15, 0.2) is 6.61 Å². The van der Waals surface area contributed by atoms with E-state index in [1.165, 1.54) is 13.2 Å². The van der Waals surface area contributed by atoms with Crippen molar-refractivity contribution in [3.05, 3.63) is 89.5 Å². The van der Waals surface area contributed by atoms with Crippen molar-refractivity contribution in [1.29, 1.82) is 0 Å². The van der Waals surface area contributed by atoms with E-state index in [-0.39, 0.29) is 18.6 Å². The molecule has 0 aliphatic carbocycles. The summed E-state index contributed by atoms with van der Waals surface area (Å²) in [6.07, 6.45) is 2.77. The first kappa shape index (κ1) is 21.8. The number of esters is 2. The fraction of sp³-hybridized carbons (Fsp3) is 0.160. The van der Waals surface area contributed by atoms with Gasteiger partial charge in [-0.05, 0) is 47.0 Å². The number of fused-ring (bicyclic) bond motifs is 1. The van der Waals surface area contributed by atoms with E-state index in [0.29, 0.717) is 11.1 Å². The monoisotopic (exact) mass is 417 g/mol.